The molecule has 1 amide bonds. The molecule has 7 heteroatoms. The molecule has 29 heavy (non-hydrogen) atoms. The highest BCUT2D eigenvalue weighted by Gasteiger charge is 2.07. The number of hydrogen-bond donors (Lipinski definition) is 2. The quantitative estimate of drug-likeness (QED) is 0.386. The summed E-state index contributed by atoms with van der Waals surface area (Å²) < 4.78 is 11.2. The Hall–Kier alpha value is -3.22. The number of anilines is 1. The first-order chi connectivity index (χ1) is 14.0. The second-order valence-corrected chi connectivity index (χ2v) is 6.46. The smallest absolute Gasteiger partial charge is 0.221 e. The molecule has 0 saturated carbocycles. The van der Waals surface area contributed by atoms with E-state index in [1.165, 1.54) is 12.5 Å². The number of benzene rings is 2. The predicted molar refractivity (Wildman–Crippen MR) is 117 cm³/mol. The fraction of sp³-hybridized carbons (Fsp3) is 0.364. The summed E-state index contributed by atoms with van der Waals surface area (Å²) in [6, 6.07) is 15.4. The maximum absolute atomic E-state index is 11.1. The number of guanidine groups is 1. The van der Waals surface area contributed by atoms with E-state index in [1.807, 2.05) is 49.2 Å². The van der Waals surface area contributed by atoms with Crippen molar-refractivity contribution in [2.45, 2.75) is 20.4 Å². The Morgan fingerprint density at radius 3 is 2.52 bits per heavy atom. The summed E-state index contributed by atoms with van der Waals surface area (Å²) in [6.45, 7) is 5.92. The van der Waals surface area contributed by atoms with Crippen molar-refractivity contribution in [1.82, 2.24) is 10.2 Å². The summed E-state index contributed by atoms with van der Waals surface area (Å²) in [5.41, 5.74) is 1.89. The van der Waals surface area contributed by atoms with E-state index in [4.69, 9.17) is 9.47 Å². The molecule has 0 saturated heterocycles. The van der Waals surface area contributed by atoms with Crippen molar-refractivity contribution in [2.75, 3.05) is 39.2 Å². The Morgan fingerprint density at radius 2 is 1.86 bits per heavy atom. The first-order valence-electron chi connectivity index (χ1n) is 9.65. The lowest BCUT2D eigenvalue weighted by Crippen LogP contribution is -2.40. The van der Waals surface area contributed by atoms with E-state index in [-0.39, 0.29) is 5.91 Å². The zero-order chi connectivity index (χ0) is 21.1. The van der Waals surface area contributed by atoms with Crippen LogP contribution >= 0.6 is 0 Å². The summed E-state index contributed by atoms with van der Waals surface area (Å²) >= 11 is 0. The van der Waals surface area contributed by atoms with Gasteiger partial charge in [0.15, 0.2) is 5.96 Å². The number of nitrogens with one attached hydrogen (secondary N) is 2. The summed E-state index contributed by atoms with van der Waals surface area (Å²) in [4.78, 5) is 17.5. The molecule has 0 aliphatic rings. The molecule has 2 N–H and O–H groups in total. The first kappa shape index (κ1) is 22.1. The predicted octanol–water partition coefficient (Wildman–Crippen LogP) is 3.13. The Morgan fingerprint density at radius 1 is 1.10 bits per heavy atom. The van der Waals surface area contributed by atoms with E-state index in [9.17, 15) is 4.79 Å². The number of rotatable bonds is 9. The van der Waals surface area contributed by atoms with Gasteiger partial charge in [-0.15, -0.1) is 0 Å². The third-order valence-electron chi connectivity index (χ3n) is 4.04. The maximum Gasteiger partial charge on any atom is 0.221 e. The number of amides is 1. The van der Waals surface area contributed by atoms with E-state index in [0.29, 0.717) is 31.2 Å². The lowest BCUT2D eigenvalue weighted by Gasteiger charge is -2.22. The summed E-state index contributed by atoms with van der Waals surface area (Å²) in [5, 5.41) is 6.04. The molecule has 7 nitrogen and oxygen atoms in total. The number of nitrogens with zero attached hydrogens (tertiary/aromatic N) is 2. The fourth-order valence-electron chi connectivity index (χ4n) is 2.79. The van der Waals surface area contributed by atoms with Crippen molar-refractivity contribution < 1.29 is 14.3 Å². The van der Waals surface area contributed by atoms with Gasteiger partial charge in [0, 0.05) is 39.3 Å². The van der Waals surface area contributed by atoms with Crippen LogP contribution in [0, 0.1) is 0 Å². The molecule has 0 aliphatic carbocycles. The van der Waals surface area contributed by atoms with Gasteiger partial charge in [0.2, 0.25) is 5.91 Å². The van der Waals surface area contributed by atoms with Crippen molar-refractivity contribution in [3.8, 4) is 11.5 Å². The van der Waals surface area contributed by atoms with Gasteiger partial charge in [-0.25, -0.2) is 0 Å². The van der Waals surface area contributed by atoms with E-state index in [2.05, 4.69) is 27.8 Å². The van der Waals surface area contributed by atoms with Gasteiger partial charge < -0.3 is 25.0 Å². The van der Waals surface area contributed by atoms with Crippen LogP contribution in [-0.4, -0.2) is 50.6 Å². The average Bonchev–Trinajstić information content (AvgIpc) is 2.69. The molecule has 0 unspecified atom stereocenters. The van der Waals surface area contributed by atoms with Crippen LogP contribution in [0.25, 0.3) is 0 Å². The molecule has 0 atom stereocenters. The first-order valence-corrected chi connectivity index (χ1v) is 9.65. The van der Waals surface area contributed by atoms with Crippen LogP contribution < -0.4 is 20.1 Å². The minimum absolute atomic E-state index is 0.108. The summed E-state index contributed by atoms with van der Waals surface area (Å²) in [6.07, 6.45) is 0. The van der Waals surface area contributed by atoms with Crippen LogP contribution in [0.4, 0.5) is 5.69 Å². The number of carbonyl (C=O) groups excluding carboxylic acids is 1. The van der Waals surface area contributed by atoms with Crippen molar-refractivity contribution in [3.63, 3.8) is 0 Å². The van der Waals surface area contributed by atoms with Gasteiger partial charge in [0.05, 0.1) is 13.2 Å². The summed E-state index contributed by atoms with van der Waals surface area (Å²) in [7, 11) is 3.75. The molecule has 0 bridgehead atoms. The van der Waals surface area contributed by atoms with E-state index < -0.39 is 0 Å². The maximum atomic E-state index is 11.1. The normalized spacial score (nSPS) is 11.0. The topological polar surface area (TPSA) is 75.2 Å². The van der Waals surface area contributed by atoms with Gasteiger partial charge in [-0.05, 0) is 36.8 Å². The molecule has 2 aromatic carbocycles. The number of hydrogen-bond acceptors (Lipinski definition) is 4. The Bertz CT molecular complexity index is 806. The molecule has 2 aromatic rings. The second kappa shape index (κ2) is 11.6. The molecule has 2 rings (SSSR count). The summed E-state index contributed by atoms with van der Waals surface area (Å²) in [5.74, 6) is 2.26. The highest BCUT2D eigenvalue weighted by atomic mass is 16.5. The molecule has 0 spiro atoms. The van der Waals surface area contributed by atoms with Crippen LogP contribution in [-0.2, 0) is 11.3 Å². The van der Waals surface area contributed by atoms with Gasteiger partial charge in [0.25, 0.3) is 0 Å². The molecule has 0 heterocycles. The lowest BCUT2D eigenvalue weighted by molar-refractivity contribution is -0.114. The highest BCUT2D eigenvalue weighted by Crippen LogP contribution is 2.17. The standard InChI is InChI=1S/C22H30N4O3/c1-5-28-20-11-9-18(10-12-20)16-26(4)22(23-3)24-13-14-29-21-8-6-7-19(15-21)25-17(2)27/h6-12,15H,5,13-14,16H2,1-4H3,(H,23,24)(H,25,27). The van der Waals surface area contributed by atoms with Gasteiger partial charge >= 0.3 is 0 Å². The van der Waals surface area contributed by atoms with Gasteiger partial charge in [-0.1, -0.05) is 18.2 Å². The largest absolute Gasteiger partial charge is 0.494 e. The van der Waals surface area contributed by atoms with E-state index in [0.717, 1.165) is 18.3 Å². The molecular formula is C22H30N4O3. The van der Waals surface area contributed by atoms with Crippen LogP contribution in [0.2, 0.25) is 0 Å². The Labute approximate surface area is 172 Å². The Balaban J connectivity index is 1.78. The molecule has 0 aliphatic heterocycles. The van der Waals surface area contributed by atoms with Gasteiger partial charge in [-0.3, -0.25) is 9.79 Å². The SMILES string of the molecule is CCOc1ccc(CN(C)C(=NC)NCCOc2cccc(NC(C)=O)c2)cc1. The van der Waals surface area contributed by atoms with Crippen LogP contribution in [0.5, 0.6) is 11.5 Å². The molecule has 156 valence electrons. The van der Waals surface area contributed by atoms with Crippen LogP contribution in [0.15, 0.2) is 53.5 Å². The molecule has 0 radical (unpaired) electrons. The number of ether oxygens (including phenoxy) is 2. The zero-order valence-electron chi connectivity index (χ0n) is 17.6. The minimum atomic E-state index is -0.108. The highest BCUT2D eigenvalue weighted by molar-refractivity contribution is 5.88. The molecule has 0 fully saturated rings. The minimum Gasteiger partial charge on any atom is -0.494 e. The number of aliphatic imine (C=N–C) groups is 1. The third kappa shape index (κ3) is 7.73. The second-order valence-electron chi connectivity index (χ2n) is 6.46. The fourth-order valence-corrected chi connectivity index (χ4v) is 2.79. The van der Waals surface area contributed by atoms with E-state index >= 15 is 0 Å². The molecular weight excluding hydrogens is 368 g/mol. The average molecular weight is 399 g/mol. The Kier molecular flexibility index (Phi) is 8.82. The van der Waals surface area contributed by atoms with Crippen molar-refractivity contribution in [3.05, 3.63) is 54.1 Å². The monoisotopic (exact) mass is 398 g/mol. The third-order valence-corrected chi connectivity index (χ3v) is 4.04. The molecule has 0 aromatic heterocycles. The van der Waals surface area contributed by atoms with E-state index in [1.54, 1.807) is 13.1 Å². The van der Waals surface area contributed by atoms with Crippen molar-refractivity contribution in [2.24, 2.45) is 4.99 Å². The van der Waals surface area contributed by atoms with Crippen molar-refractivity contribution >= 4 is 17.6 Å². The zero-order valence-corrected chi connectivity index (χ0v) is 17.6. The van der Waals surface area contributed by atoms with Crippen molar-refractivity contribution in [1.29, 1.82) is 0 Å². The lowest BCUT2D eigenvalue weighted by atomic mass is 10.2. The van der Waals surface area contributed by atoms with Crippen LogP contribution in [0.1, 0.15) is 19.4 Å². The van der Waals surface area contributed by atoms with Gasteiger partial charge in [-0.2, -0.15) is 0 Å². The number of carbonyl (C=O) groups is 1. The van der Waals surface area contributed by atoms with Gasteiger partial charge in [0.1, 0.15) is 18.1 Å². The van der Waals surface area contributed by atoms with Crippen LogP contribution in [0.3, 0.4) is 0 Å².